The molecule has 2 aliphatic rings. The summed E-state index contributed by atoms with van der Waals surface area (Å²) in [7, 11) is 0. The molecule has 2 fully saturated rings. The molecule has 1 atom stereocenters. The summed E-state index contributed by atoms with van der Waals surface area (Å²) in [6.07, 6.45) is 5.39. The van der Waals surface area contributed by atoms with Gasteiger partial charge in [-0.2, -0.15) is 0 Å². The summed E-state index contributed by atoms with van der Waals surface area (Å²) in [5.41, 5.74) is 8.62. The molecular formula is C16H23Br2N3. The summed E-state index contributed by atoms with van der Waals surface area (Å²) < 4.78 is 2.11. The first-order valence-corrected chi connectivity index (χ1v) is 9.44. The molecule has 3 rings (SSSR count). The topological polar surface area (TPSA) is 41.3 Å². The van der Waals surface area contributed by atoms with Crippen molar-refractivity contribution in [2.24, 2.45) is 5.92 Å². The van der Waals surface area contributed by atoms with Crippen molar-refractivity contribution >= 4 is 37.5 Å². The Labute approximate surface area is 143 Å². The molecule has 1 aliphatic carbocycles. The van der Waals surface area contributed by atoms with Crippen LogP contribution in [0, 0.1) is 5.92 Å². The lowest BCUT2D eigenvalue weighted by Crippen LogP contribution is -2.46. The fourth-order valence-corrected chi connectivity index (χ4v) is 5.09. The highest BCUT2D eigenvalue weighted by Gasteiger charge is 2.33. The number of nitrogens with one attached hydrogen (secondary N) is 1. The van der Waals surface area contributed by atoms with Gasteiger partial charge in [-0.05, 0) is 52.4 Å². The number of hydrogen-bond acceptors (Lipinski definition) is 3. The van der Waals surface area contributed by atoms with Crippen LogP contribution in [0.3, 0.4) is 0 Å². The third-order valence-electron chi connectivity index (χ3n) is 4.84. The van der Waals surface area contributed by atoms with Crippen molar-refractivity contribution in [1.29, 1.82) is 0 Å². The van der Waals surface area contributed by atoms with Crippen LogP contribution in [0.4, 0.5) is 5.69 Å². The molecule has 1 heterocycles. The molecule has 21 heavy (non-hydrogen) atoms. The lowest BCUT2D eigenvalue weighted by Gasteiger charge is -2.39. The van der Waals surface area contributed by atoms with E-state index >= 15 is 0 Å². The molecule has 3 nitrogen and oxygen atoms in total. The van der Waals surface area contributed by atoms with E-state index in [1.807, 2.05) is 6.07 Å². The highest BCUT2D eigenvalue weighted by molar-refractivity contribution is 9.11. The molecule has 0 bridgehead atoms. The summed E-state index contributed by atoms with van der Waals surface area (Å²) in [6, 6.07) is 4.73. The number of hydrogen-bond donors (Lipinski definition) is 2. The number of nitrogens with zero attached hydrogens (tertiary/aromatic N) is 1. The normalized spacial score (nSPS) is 22.6. The van der Waals surface area contributed by atoms with Crippen LogP contribution in [0.15, 0.2) is 21.1 Å². The number of benzene rings is 1. The van der Waals surface area contributed by atoms with Crippen molar-refractivity contribution in [2.75, 3.05) is 31.9 Å². The highest BCUT2D eigenvalue weighted by atomic mass is 79.9. The molecule has 0 spiro atoms. The van der Waals surface area contributed by atoms with Crippen molar-refractivity contribution in [1.82, 2.24) is 10.2 Å². The van der Waals surface area contributed by atoms with Gasteiger partial charge in [0.25, 0.3) is 0 Å². The Morgan fingerprint density at radius 1 is 1.14 bits per heavy atom. The zero-order valence-electron chi connectivity index (χ0n) is 12.2. The Bertz CT molecular complexity index is 495. The van der Waals surface area contributed by atoms with Crippen molar-refractivity contribution < 1.29 is 0 Å². The van der Waals surface area contributed by atoms with E-state index in [9.17, 15) is 0 Å². The van der Waals surface area contributed by atoms with E-state index in [1.165, 1.54) is 31.2 Å². The number of halogens is 2. The van der Waals surface area contributed by atoms with Crippen LogP contribution in [0.1, 0.15) is 37.3 Å². The van der Waals surface area contributed by atoms with Crippen LogP contribution < -0.4 is 11.1 Å². The van der Waals surface area contributed by atoms with E-state index < -0.39 is 0 Å². The average molecular weight is 417 g/mol. The Hall–Kier alpha value is -0.100. The van der Waals surface area contributed by atoms with Gasteiger partial charge < -0.3 is 11.1 Å². The van der Waals surface area contributed by atoms with Crippen molar-refractivity contribution in [3.8, 4) is 0 Å². The largest absolute Gasteiger partial charge is 0.398 e. The molecule has 1 aromatic rings. The van der Waals surface area contributed by atoms with Crippen molar-refractivity contribution in [3.05, 3.63) is 26.6 Å². The molecule has 1 aliphatic heterocycles. The van der Waals surface area contributed by atoms with Crippen LogP contribution >= 0.6 is 31.9 Å². The monoisotopic (exact) mass is 415 g/mol. The smallest absolute Gasteiger partial charge is 0.0507 e. The second-order valence-corrected chi connectivity index (χ2v) is 7.94. The maximum absolute atomic E-state index is 6.42. The third kappa shape index (κ3) is 3.46. The van der Waals surface area contributed by atoms with Gasteiger partial charge in [-0.3, -0.25) is 4.90 Å². The van der Waals surface area contributed by atoms with Gasteiger partial charge in [-0.25, -0.2) is 0 Å². The quantitative estimate of drug-likeness (QED) is 0.733. The van der Waals surface area contributed by atoms with Gasteiger partial charge in [-0.1, -0.05) is 28.8 Å². The van der Waals surface area contributed by atoms with E-state index in [0.29, 0.717) is 6.04 Å². The summed E-state index contributed by atoms with van der Waals surface area (Å²) in [5.74, 6) is 0.742. The number of anilines is 1. The minimum Gasteiger partial charge on any atom is -0.398 e. The second kappa shape index (κ2) is 6.99. The predicted octanol–water partition coefficient (Wildman–Crippen LogP) is 3.93. The van der Waals surface area contributed by atoms with Crippen LogP contribution in [0.2, 0.25) is 0 Å². The summed E-state index contributed by atoms with van der Waals surface area (Å²) in [4.78, 5) is 2.64. The molecule has 116 valence electrons. The molecular weight excluding hydrogens is 394 g/mol. The Morgan fingerprint density at radius 3 is 2.48 bits per heavy atom. The Morgan fingerprint density at radius 2 is 1.81 bits per heavy atom. The number of nitrogens with two attached hydrogens (primary N) is 1. The van der Waals surface area contributed by atoms with Crippen molar-refractivity contribution in [2.45, 2.75) is 31.7 Å². The Kier molecular flexibility index (Phi) is 5.25. The van der Waals surface area contributed by atoms with E-state index in [2.05, 4.69) is 48.1 Å². The SMILES string of the molecule is Nc1c(Br)cc(Br)cc1[C@@H](C1CCCC1)N1CCNCC1. The zero-order valence-corrected chi connectivity index (χ0v) is 15.4. The first-order valence-electron chi connectivity index (χ1n) is 7.86. The van der Waals surface area contributed by atoms with E-state index in [-0.39, 0.29) is 0 Å². The first kappa shape index (κ1) is 15.8. The fourth-order valence-electron chi connectivity index (χ4n) is 3.83. The summed E-state index contributed by atoms with van der Waals surface area (Å²) >= 11 is 7.24. The van der Waals surface area contributed by atoms with Gasteiger partial charge in [0.1, 0.15) is 0 Å². The van der Waals surface area contributed by atoms with Gasteiger partial charge in [0.15, 0.2) is 0 Å². The van der Waals surface area contributed by atoms with Crippen molar-refractivity contribution in [3.63, 3.8) is 0 Å². The zero-order chi connectivity index (χ0) is 14.8. The third-order valence-corrected chi connectivity index (χ3v) is 5.95. The average Bonchev–Trinajstić information content (AvgIpc) is 2.99. The fraction of sp³-hybridized carbons (Fsp3) is 0.625. The molecule has 0 aromatic heterocycles. The van der Waals surface area contributed by atoms with Crippen LogP contribution in [-0.4, -0.2) is 31.1 Å². The molecule has 3 N–H and O–H groups in total. The molecule has 1 saturated carbocycles. The predicted molar refractivity (Wildman–Crippen MR) is 95.4 cm³/mol. The number of nitrogen functional groups attached to an aromatic ring is 1. The van der Waals surface area contributed by atoms with E-state index in [0.717, 1.165) is 46.7 Å². The van der Waals surface area contributed by atoms with Gasteiger partial charge >= 0.3 is 0 Å². The number of piperazine rings is 1. The minimum absolute atomic E-state index is 0.461. The number of rotatable bonds is 3. The molecule has 0 radical (unpaired) electrons. The van der Waals surface area contributed by atoms with Gasteiger partial charge in [0.2, 0.25) is 0 Å². The highest BCUT2D eigenvalue weighted by Crippen LogP contribution is 2.43. The minimum atomic E-state index is 0.461. The van der Waals surface area contributed by atoms with Gasteiger partial charge in [-0.15, -0.1) is 0 Å². The maximum Gasteiger partial charge on any atom is 0.0507 e. The van der Waals surface area contributed by atoms with Gasteiger partial charge in [0, 0.05) is 41.2 Å². The molecule has 1 saturated heterocycles. The second-order valence-electron chi connectivity index (χ2n) is 6.17. The molecule has 1 aromatic carbocycles. The maximum atomic E-state index is 6.42. The lowest BCUT2D eigenvalue weighted by atomic mass is 9.89. The van der Waals surface area contributed by atoms with Crippen LogP contribution in [0.5, 0.6) is 0 Å². The molecule has 5 heteroatoms. The summed E-state index contributed by atoms with van der Waals surface area (Å²) in [6.45, 7) is 4.39. The van der Waals surface area contributed by atoms with E-state index in [4.69, 9.17) is 5.73 Å². The Balaban J connectivity index is 1.97. The van der Waals surface area contributed by atoms with E-state index in [1.54, 1.807) is 0 Å². The van der Waals surface area contributed by atoms with Crippen LogP contribution in [0.25, 0.3) is 0 Å². The standard InChI is InChI=1S/C16H23Br2N3/c17-12-9-13(15(19)14(18)10-12)16(11-3-1-2-4-11)21-7-5-20-6-8-21/h9-11,16,20H,1-8,19H2/t16-/m1/s1. The summed E-state index contributed by atoms with van der Waals surface area (Å²) in [5, 5.41) is 3.46. The first-order chi connectivity index (χ1) is 10.2. The van der Waals surface area contributed by atoms with Crippen LogP contribution in [-0.2, 0) is 0 Å². The van der Waals surface area contributed by atoms with Gasteiger partial charge in [0.05, 0.1) is 5.69 Å². The molecule has 0 unspecified atom stereocenters. The molecule has 0 amide bonds. The lowest BCUT2D eigenvalue weighted by molar-refractivity contribution is 0.126.